The number of hydrogen-bond acceptors (Lipinski definition) is 6. The predicted molar refractivity (Wildman–Crippen MR) is 65.3 cm³/mol. The molecule has 9 heteroatoms. The van der Waals surface area contributed by atoms with Crippen LogP contribution in [-0.2, 0) is 30.0 Å². The van der Waals surface area contributed by atoms with E-state index in [0.29, 0.717) is 0 Å². The molecule has 0 aliphatic carbocycles. The monoisotopic (exact) mass is 298 g/mol. The third-order valence-corrected chi connectivity index (χ3v) is 5.91. The maximum atomic E-state index is 12.3. The fourth-order valence-electron chi connectivity index (χ4n) is 1.89. The Morgan fingerprint density at radius 3 is 1.53 bits per heavy atom. The average molecular weight is 298 g/mol. The summed E-state index contributed by atoms with van der Waals surface area (Å²) in [7, 11) is 0.451. The lowest BCUT2D eigenvalue weighted by Crippen LogP contribution is -2.29. The van der Waals surface area contributed by atoms with Gasteiger partial charge in [-0.25, -0.2) is 4.21 Å². The van der Waals surface area contributed by atoms with Gasteiger partial charge < -0.3 is 0 Å². The molecule has 0 atom stereocenters. The van der Waals surface area contributed by atoms with Crippen molar-refractivity contribution in [1.29, 1.82) is 0 Å². The van der Waals surface area contributed by atoms with E-state index in [9.17, 15) is 23.4 Å². The number of imide groups is 2. The number of rotatable bonds is 0. The summed E-state index contributed by atoms with van der Waals surface area (Å²) < 4.78 is 12.3. The molecule has 0 bridgehead atoms. The standard InChI is InChI=1S/C10H6N2O5S2/c1-11-7(13)3-5(9(11)15)19(17)6-4(18-3)8(14)12(2)10(6)16/h1-2H3. The number of hydrogen-bond donors (Lipinski definition) is 0. The van der Waals surface area contributed by atoms with Crippen molar-refractivity contribution in [2.75, 3.05) is 14.1 Å². The quantitative estimate of drug-likeness (QED) is 0.527. The number of carbonyl (C=O) groups is 4. The van der Waals surface area contributed by atoms with Crippen molar-refractivity contribution >= 4 is 46.2 Å². The van der Waals surface area contributed by atoms with Crippen LogP contribution in [0.4, 0.5) is 0 Å². The van der Waals surface area contributed by atoms with Gasteiger partial charge in [-0.15, -0.1) is 0 Å². The summed E-state index contributed by atoms with van der Waals surface area (Å²) in [6.45, 7) is 0. The van der Waals surface area contributed by atoms with Crippen LogP contribution in [0.2, 0.25) is 0 Å². The van der Waals surface area contributed by atoms with Crippen LogP contribution in [0.15, 0.2) is 19.6 Å². The van der Waals surface area contributed by atoms with Gasteiger partial charge in [0.05, 0.1) is 10.8 Å². The molecule has 0 fully saturated rings. The van der Waals surface area contributed by atoms with E-state index in [1.54, 1.807) is 0 Å². The molecule has 0 aromatic rings. The summed E-state index contributed by atoms with van der Waals surface area (Å²) in [6.07, 6.45) is 0. The minimum Gasteiger partial charge on any atom is -0.276 e. The van der Waals surface area contributed by atoms with Crippen LogP contribution >= 0.6 is 11.8 Å². The van der Waals surface area contributed by atoms with Crippen LogP contribution in [0, 0.1) is 0 Å². The fourth-order valence-corrected chi connectivity index (χ4v) is 4.92. The van der Waals surface area contributed by atoms with Gasteiger partial charge in [-0.05, 0) is 0 Å². The lowest BCUT2D eigenvalue weighted by molar-refractivity contribution is -0.136. The zero-order chi connectivity index (χ0) is 14.1. The van der Waals surface area contributed by atoms with Gasteiger partial charge in [0.2, 0.25) is 0 Å². The molecule has 0 saturated heterocycles. The van der Waals surface area contributed by atoms with Gasteiger partial charge in [0.1, 0.15) is 19.6 Å². The number of thioether (sulfide) groups is 1. The number of amides is 4. The summed E-state index contributed by atoms with van der Waals surface area (Å²) in [5, 5.41) is 0. The van der Waals surface area contributed by atoms with E-state index in [-0.39, 0.29) is 19.6 Å². The Bertz CT molecular complexity index is 634. The normalized spacial score (nSPS) is 23.9. The molecule has 19 heavy (non-hydrogen) atoms. The highest BCUT2D eigenvalue weighted by atomic mass is 32.2. The van der Waals surface area contributed by atoms with Crippen LogP contribution in [0.1, 0.15) is 0 Å². The summed E-state index contributed by atoms with van der Waals surface area (Å²) >= 11 is 0.750. The van der Waals surface area contributed by atoms with E-state index in [2.05, 4.69) is 0 Å². The van der Waals surface area contributed by atoms with Gasteiger partial charge in [0, 0.05) is 14.1 Å². The van der Waals surface area contributed by atoms with Crippen molar-refractivity contribution in [2.45, 2.75) is 0 Å². The van der Waals surface area contributed by atoms with E-state index in [4.69, 9.17) is 0 Å². The number of nitrogens with zero attached hydrogens (tertiary/aromatic N) is 2. The molecule has 0 aromatic heterocycles. The van der Waals surface area contributed by atoms with E-state index in [1.165, 1.54) is 14.1 Å². The summed E-state index contributed by atoms with van der Waals surface area (Å²) in [5.74, 6) is -2.57. The molecule has 0 radical (unpaired) electrons. The summed E-state index contributed by atoms with van der Waals surface area (Å²) in [4.78, 5) is 48.5. The average Bonchev–Trinajstić information content (AvgIpc) is 2.73. The van der Waals surface area contributed by atoms with Gasteiger partial charge in [-0.2, -0.15) is 0 Å². The molecular weight excluding hydrogens is 292 g/mol. The molecule has 3 aliphatic heterocycles. The van der Waals surface area contributed by atoms with Crippen molar-refractivity contribution in [3.8, 4) is 0 Å². The molecule has 0 aromatic carbocycles. The largest absolute Gasteiger partial charge is 0.276 e. The third kappa shape index (κ3) is 1.31. The molecular formula is C10H6N2O5S2. The lowest BCUT2D eigenvalue weighted by atomic mass is 10.5. The van der Waals surface area contributed by atoms with Crippen molar-refractivity contribution < 1.29 is 23.4 Å². The Morgan fingerprint density at radius 1 is 0.789 bits per heavy atom. The first-order chi connectivity index (χ1) is 8.86. The van der Waals surface area contributed by atoms with Gasteiger partial charge >= 0.3 is 0 Å². The molecule has 7 nitrogen and oxygen atoms in total. The molecule has 98 valence electrons. The van der Waals surface area contributed by atoms with E-state index in [1.807, 2.05) is 0 Å². The molecule has 4 amide bonds. The third-order valence-electron chi connectivity index (χ3n) is 2.98. The van der Waals surface area contributed by atoms with Crippen molar-refractivity contribution in [3.05, 3.63) is 19.6 Å². The first-order valence-corrected chi connectivity index (χ1v) is 7.05. The predicted octanol–water partition coefficient (Wildman–Crippen LogP) is -1.10. The van der Waals surface area contributed by atoms with Gasteiger partial charge in [-0.3, -0.25) is 29.0 Å². The number of carbonyl (C=O) groups excluding carboxylic acids is 4. The smallest absolute Gasteiger partial charge is 0.271 e. The molecule has 3 heterocycles. The van der Waals surface area contributed by atoms with Crippen LogP contribution in [0.3, 0.4) is 0 Å². The maximum absolute atomic E-state index is 12.3. The van der Waals surface area contributed by atoms with E-state index in [0.717, 1.165) is 21.6 Å². The minimum absolute atomic E-state index is 0.0268. The van der Waals surface area contributed by atoms with Gasteiger partial charge in [0.25, 0.3) is 23.6 Å². The minimum atomic E-state index is -2.08. The Morgan fingerprint density at radius 2 is 1.16 bits per heavy atom. The van der Waals surface area contributed by atoms with Crippen LogP contribution < -0.4 is 0 Å². The second-order valence-corrected chi connectivity index (χ2v) is 6.40. The Kier molecular flexibility index (Phi) is 2.36. The second kappa shape index (κ2) is 3.64. The van der Waals surface area contributed by atoms with Crippen molar-refractivity contribution in [2.24, 2.45) is 0 Å². The molecule has 0 spiro atoms. The van der Waals surface area contributed by atoms with E-state index < -0.39 is 34.4 Å². The maximum Gasteiger partial charge on any atom is 0.271 e. The topological polar surface area (TPSA) is 91.8 Å². The summed E-state index contributed by atoms with van der Waals surface area (Å²) in [5.41, 5.74) is 0. The highest BCUT2D eigenvalue weighted by Crippen LogP contribution is 2.46. The fraction of sp³-hybridized carbons (Fsp3) is 0.200. The highest BCUT2D eigenvalue weighted by Gasteiger charge is 2.51. The van der Waals surface area contributed by atoms with Crippen molar-refractivity contribution in [1.82, 2.24) is 9.80 Å². The lowest BCUT2D eigenvalue weighted by Gasteiger charge is -2.09. The highest BCUT2D eigenvalue weighted by molar-refractivity contribution is 8.11. The van der Waals surface area contributed by atoms with Crippen molar-refractivity contribution in [3.63, 3.8) is 0 Å². The van der Waals surface area contributed by atoms with Gasteiger partial charge in [-0.1, -0.05) is 11.8 Å². The van der Waals surface area contributed by atoms with Crippen LogP contribution in [0.25, 0.3) is 0 Å². The van der Waals surface area contributed by atoms with Crippen LogP contribution in [0.5, 0.6) is 0 Å². The Balaban J connectivity index is 2.16. The molecule has 0 N–H and O–H groups in total. The zero-order valence-electron chi connectivity index (χ0n) is 9.75. The molecule has 0 unspecified atom stereocenters. The van der Waals surface area contributed by atoms with Crippen LogP contribution in [-0.4, -0.2) is 51.7 Å². The zero-order valence-corrected chi connectivity index (χ0v) is 11.4. The molecule has 3 rings (SSSR count). The Labute approximate surface area is 113 Å². The first-order valence-electron chi connectivity index (χ1n) is 5.09. The van der Waals surface area contributed by atoms with E-state index >= 15 is 0 Å². The number of likely N-dealkylation sites (N-methyl/N-ethyl adjacent to an activating group) is 2. The first kappa shape index (κ1) is 12.3. The SMILES string of the molecule is CN1C(=O)C2=C(C1=O)S(=O)C1=C(S2)C(=O)N(C)C1=O. The molecule has 3 aliphatic rings. The van der Waals surface area contributed by atoms with Gasteiger partial charge in [0.15, 0.2) is 0 Å². The summed E-state index contributed by atoms with van der Waals surface area (Å²) in [6, 6.07) is 0. The Hall–Kier alpha value is -1.74. The molecule has 0 saturated carbocycles. The second-order valence-electron chi connectivity index (χ2n) is 4.03.